The van der Waals surface area contributed by atoms with Gasteiger partial charge in [-0.2, -0.15) is 11.3 Å². The monoisotopic (exact) mass is 360 g/mol. The molecule has 6 heteroatoms. The van der Waals surface area contributed by atoms with Crippen LogP contribution in [0.4, 0.5) is 5.69 Å². The molecule has 25 heavy (non-hydrogen) atoms. The molecule has 5 nitrogen and oxygen atoms in total. The lowest BCUT2D eigenvalue weighted by Gasteiger charge is -2.34. The van der Waals surface area contributed by atoms with E-state index in [1.54, 1.807) is 18.4 Å². The van der Waals surface area contributed by atoms with E-state index >= 15 is 0 Å². The van der Waals surface area contributed by atoms with Crippen LogP contribution < -0.4 is 14.5 Å². The number of para-hydroxylation sites is 2. The van der Waals surface area contributed by atoms with Crippen molar-refractivity contribution in [1.82, 2.24) is 4.90 Å². The molecule has 0 atom stereocenters. The summed E-state index contributed by atoms with van der Waals surface area (Å²) in [7, 11) is 3.60. The van der Waals surface area contributed by atoms with Gasteiger partial charge in [-0.05, 0) is 34.5 Å². The van der Waals surface area contributed by atoms with Gasteiger partial charge in [0.15, 0.2) is 6.54 Å². The lowest BCUT2D eigenvalue weighted by molar-refractivity contribution is -0.892. The molecule has 1 fully saturated rings. The largest absolute Gasteiger partial charge is 0.495 e. The molecule has 2 aromatic rings. The fraction of sp³-hybridized carbons (Fsp3) is 0.421. The first-order chi connectivity index (χ1) is 12.2. The van der Waals surface area contributed by atoms with E-state index in [0.717, 1.165) is 37.6 Å². The molecule has 1 aliphatic rings. The van der Waals surface area contributed by atoms with Gasteiger partial charge in [0.25, 0.3) is 5.91 Å². The number of hydrogen-bond donors (Lipinski definition) is 1. The zero-order chi connectivity index (χ0) is 17.6. The number of thiophene rings is 1. The van der Waals surface area contributed by atoms with E-state index in [1.807, 2.05) is 30.1 Å². The molecule has 1 aromatic carbocycles. The Bertz CT molecular complexity index is 682. The van der Waals surface area contributed by atoms with Crippen molar-refractivity contribution in [2.24, 2.45) is 0 Å². The molecule has 0 radical (unpaired) electrons. The van der Waals surface area contributed by atoms with Crippen LogP contribution in [-0.2, 0) is 11.3 Å². The number of rotatable bonds is 6. The molecule has 1 amide bonds. The molecule has 0 unspecified atom stereocenters. The number of likely N-dealkylation sites (N-methyl/N-ethyl adjacent to an activating group) is 1. The minimum absolute atomic E-state index is 0.215. The fourth-order valence-corrected chi connectivity index (χ4v) is 3.88. The summed E-state index contributed by atoms with van der Waals surface area (Å²) in [5.74, 6) is 1.13. The average Bonchev–Trinajstić information content (AvgIpc) is 3.15. The van der Waals surface area contributed by atoms with Crippen molar-refractivity contribution in [3.8, 4) is 5.75 Å². The Labute approximate surface area is 153 Å². The highest BCUT2D eigenvalue weighted by molar-refractivity contribution is 7.07. The number of piperazine rings is 1. The third-order valence-electron chi connectivity index (χ3n) is 4.72. The van der Waals surface area contributed by atoms with Gasteiger partial charge in [-0.1, -0.05) is 12.1 Å². The molecular formula is C19H26N3O2S+. The van der Waals surface area contributed by atoms with Gasteiger partial charge in [-0.3, -0.25) is 4.79 Å². The number of amides is 1. The molecule has 0 aliphatic carbocycles. The lowest BCUT2D eigenvalue weighted by atomic mass is 10.2. The van der Waals surface area contributed by atoms with Crippen LogP contribution in [0.25, 0.3) is 0 Å². The number of nitrogens with zero attached hydrogens (tertiary/aromatic N) is 2. The van der Waals surface area contributed by atoms with Crippen molar-refractivity contribution < 1.29 is 14.4 Å². The quantitative estimate of drug-likeness (QED) is 0.839. The van der Waals surface area contributed by atoms with Crippen molar-refractivity contribution in [3.63, 3.8) is 0 Å². The van der Waals surface area contributed by atoms with Crippen LogP contribution >= 0.6 is 11.3 Å². The van der Waals surface area contributed by atoms with Crippen LogP contribution in [-0.4, -0.2) is 57.7 Å². The van der Waals surface area contributed by atoms with Gasteiger partial charge < -0.3 is 19.4 Å². The first-order valence-electron chi connectivity index (χ1n) is 8.64. The number of quaternary nitrogens is 1. The molecule has 1 aliphatic heterocycles. The number of carbonyl (C=O) groups is 1. The summed E-state index contributed by atoms with van der Waals surface area (Å²) in [6.07, 6.45) is 0. The van der Waals surface area contributed by atoms with Crippen LogP contribution in [0.5, 0.6) is 5.75 Å². The third-order valence-corrected chi connectivity index (χ3v) is 5.46. The summed E-state index contributed by atoms with van der Waals surface area (Å²) in [4.78, 5) is 18.0. The van der Waals surface area contributed by atoms with E-state index in [2.05, 4.69) is 27.8 Å². The Hall–Kier alpha value is -2.05. The highest BCUT2D eigenvalue weighted by Gasteiger charge is 2.25. The number of methoxy groups -OCH3 is 1. The van der Waals surface area contributed by atoms with Crippen molar-refractivity contribution in [2.75, 3.05) is 51.8 Å². The van der Waals surface area contributed by atoms with Gasteiger partial charge >= 0.3 is 0 Å². The summed E-state index contributed by atoms with van der Waals surface area (Å²) in [6.45, 7) is 5.09. The average molecular weight is 361 g/mol. The predicted octanol–water partition coefficient (Wildman–Crippen LogP) is 1.12. The Morgan fingerprint density at radius 1 is 1.28 bits per heavy atom. The molecule has 3 rings (SSSR count). The zero-order valence-electron chi connectivity index (χ0n) is 14.9. The van der Waals surface area contributed by atoms with Crippen molar-refractivity contribution in [2.45, 2.75) is 6.54 Å². The summed E-state index contributed by atoms with van der Waals surface area (Å²) < 4.78 is 5.46. The van der Waals surface area contributed by atoms with Gasteiger partial charge in [0, 0.05) is 13.6 Å². The number of carbonyl (C=O) groups excluding carboxylic acids is 1. The minimum Gasteiger partial charge on any atom is -0.495 e. The van der Waals surface area contributed by atoms with E-state index in [0.29, 0.717) is 13.1 Å². The van der Waals surface area contributed by atoms with Crippen LogP contribution in [0.2, 0.25) is 0 Å². The van der Waals surface area contributed by atoms with Gasteiger partial charge in [-0.15, -0.1) is 0 Å². The molecule has 1 aromatic heterocycles. The highest BCUT2D eigenvalue weighted by Crippen LogP contribution is 2.27. The number of nitrogens with one attached hydrogen (secondary N) is 1. The maximum Gasteiger partial charge on any atom is 0.277 e. The topological polar surface area (TPSA) is 37.2 Å². The smallest absolute Gasteiger partial charge is 0.277 e. The lowest BCUT2D eigenvalue weighted by Crippen LogP contribution is -3.15. The Morgan fingerprint density at radius 3 is 2.72 bits per heavy atom. The van der Waals surface area contributed by atoms with Crippen LogP contribution in [0.15, 0.2) is 41.1 Å². The Balaban J connectivity index is 1.49. The standard InChI is InChI=1S/C19H25N3O2S/c1-20(13-16-7-12-25-15-16)19(23)14-21-8-10-22(11-9-21)17-5-3-4-6-18(17)24-2/h3-7,12,15H,8-11,13-14H2,1-2H3/p+1. The van der Waals surface area contributed by atoms with Gasteiger partial charge in [0.05, 0.1) is 39.0 Å². The normalized spacial score (nSPS) is 15.2. The first kappa shape index (κ1) is 17.8. The van der Waals surface area contributed by atoms with E-state index in [1.165, 1.54) is 10.5 Å². The van der Waals surface area contributed by atoms with Gasteiger partial charge in [-0.25, -0.2) is 0 Å². The minimum atomic E-state index is 0.215. The summed E-state index contributed by atoms with van der Waals surface area (Å²) in [6, 6.07) is 10.2. The second kappa shape index (κ2) is 8.36. The molecule has 0 spiro atoms. The second-order valence-corrected chi connectivity index (χ2v) is 7.25. The molecule has 1 N–H and O–H groups in total. The molecule has 0 saturated carbocycles. The summed E-state index contributed by atoms with van der Waals surface area (Å²) in [5.41, 5.74) is 2.35. The second-order valence-electron chi connectivity index (χ2n) is 6.47. The first-order valence-corrected chi connectivity index (χ1v) is 9.58. The van der Waals surface area contributed by atoms with Crippen molar-refractivity contribution in [3.05, 3.63) is 46.7 Å². The number of hydrogen-bond acceptors (Lipinski definition) is 4. The maximum absolute atomic E-state index is 12.5. The number of anilines is 1. The van der Waals surface area contributed by atoms with E-state index in [4.69, 9.17) is 4.74 Å². The van der Waals surface area contributed by atoms with E-state index in [-0.39, 0.29) is 5.91 Å². The molecule has 1 saturated heterocycles. The summed E-state index contributed by atoms with van der Waals surface area (Å²) in [5, 5.41) is 4.15. The highest BCUT2D eigenvalue weighted by atomic mass is 32.1. The van der Waals surface area contributed by atoms with Crippen LogP contribution in [0.1, 0.15) is 5.56 Å². The van der Waals surface area contributed by atoms with Crippen LogP contribution in [0.3, 0.4) is 0 Å². The van der Waals surface area contributed by atoms with Crippen molar-refractivity contribution in [1.29, 1.82) is 0 Å². The van der Waals surface area contributed by atoms with Gasteiger partial charge in [0.1, 0.15) is 5.75 Å². The number of benzene rings is 1. The molecular weight excluding hydrogens is 334 g/mol. The van der Waals surface area contributed by atoms with E-state index in [9.17, 15) is 4.79 Å². The summed E-state index contributed by atoms with van der Waals surface area (Å²) >= 11 is 1.67. The predicted molar refractivity (Wildman–Crippen MR) is 102 cm³/mol. The Morgan fingerprint density at radius 2 is 2.04 bits per heavy atom. The van der Waals surface area contributed by atoms with Crippen molar-refractivity contribution >= 4 is 22.9 Å². The number of ether oxygens (including phenoxy) is 1. The van der Waals surface area contributed by atoms with E-state index < -0.39 is 0 Å². The fourth-order valence-electron chi connectivity index (χ4n) is 3.23. The molecule has 134 valence electrons. The Kier molecular flexibility index (Phi) is 5.94. The SMILES string of the molecule is COc1ccccc1N1CC[NH+](CC(=O)N(C)Cc2ccsc2)CC1. The molecule has 2 heterocycles. The maximum atomic E-state index is 12.5. The molecule has 0 bridgehead atoms. The van der Waals surface area contributed by atoms with Gasteiger partial charge in [0.2, 0.25) is 0 Å². The third kappa shape index (κ3) is 4.52. The van der Waals surface area contributed by atoms with Crippen LogP contribution in [0, 0.1) is 0 Å². The zero-order valence-corrected chi connectivity index (χ0v) is 15.7.